The Kier molecular flexibility index (Phi) is 12.4. The highest BCUT2D eigenvalue weighted by Gasteiger charge is 2.43. The number of alkyl halides is 3. The van der Waals surface area contributed by atoms with Crippen molar-refractivity contribution in [1.29, 1.82) is 0 Å². The average molecular weight is 656 g/mol. The molecule has 3 N–H and O–H groups in total. The van der Waals surface area contributed by atoms with Crippen LogP contribution < -0.4 is 11.1 Å². The van der Waals surface area contributed by atoms with Crippen LogP contribution in [0.2, 0.25) is 5.02 Å². The van der Waals surface area contributed by atoms with Gasteiger partial charge in [-0.25, -0.2) is 4.39 Å². The van der Waals surface area contributed by atoms with Gasteiger partial charge in [-0.15, -0.1) is 0 Å². The van der Waals surface area contributed by atoms with Gasteiger partial charge < -0.3 is 20.9 Å². The Morgan fingerprint density at radius 2 is 1.71 bits per heavy atom. The molecule has 1 saturated heterocycles. The monoisotopic (exact) mass is 655 g/mol. The molecule has 0 radical (unpaired) electrons. The normalized spacial score (nSPS) is 17.5. The number of nitrogens with one attached hydrogen (secondary N) is 1. The van der Waals surface area contributed by atoms with Crippen molar-refractivity contribution in [3.05, 3.63) is 70.5 Å². The zero-order valence-electron chi connectivity index (χ0n) is 26.0. The molecule has 1 aliphatic heterocycles. The van der Waals surface area contributed by atoms with Crippen molar-refractivity contribution in [1.82, 2.24) is 20.0 Å². The number of halogens is 5. The molecule has 1 aliphatic rings. The first kappa shape index (κ1) is 36.3. The number of piperazine rings is 1. The summed E-state index contributed by atoms with van der Waals surface area (Å²) < 4.78 is 53.4. The minimum atomic E-state index is -5.01. The van der Waals surface area contributed by atoms with Crippen molar-refractivity contribution < 1.29 is 31.9 Å². The third kappa shape index (κ3) is 10.1. The van der Waals surface area contributed by atoms with Gasteiger partial charge in [0.15, 0.2) is 0 Å². The lowest BCUT2D eigenvalue weighted by Crippen LogP contribution is -2.63. The fourth-order valence-corrected chi connectivity index (χ4v) is 5.74. The molecule has 2 aromatic carbocycles. The van der Waals surface area contributed by atoms with Gasteiger partial charge >= 0.3 is 12.1 Å². The van der Waals surface area contributed by atoms with Gasteiger partial charge in [0, 0.05) is 56.8 Å². The zero-order valence-corrected chi connectivity index (χ0v) is 26.8. The van der Waals surface area contributed by atoms with E-state index in [-0.39, 0.29) is 37.9 Å². The maximum absolute atomic E-state index is 14.1. The largest absolute Gasteiger partial charge is 0.471 e. The van der Waals surface area contributed by atoms with E-state index in [0.29, 0.717) is 35.0 Å². The van der Waals surface area contributed by atoms with Crippen LogP contribution in [-0.2, 0) is 27.2 Å². The second kappa shape index (κ2) is 15.4. The predicted molar refractivity (Wildman–Crippen MR) is 165 cm³/mol. The SMILES string of the molecule is CCCC1CN(C(Cc2ccccc2Cl)CN(C)C(=O)C(F)(F)F)CCN1C(=O)C(Cc1ccc(F)cc1)NC(=O)C(C)(C)N. The Balaban J connectivity index is 1.88. The van der Waals surface area contributed by atoms with Crippen LogP contribution in [0.15, 0.2) is 48.5 Å². The summed E-state index contributed by atoms with van der Waals surface area (Å²) in [7, 11) is 1.13. The molecular weight excluding hydrogens is 614 g/mol. The number of amides is 3. The van der Waals surface area contributed by atoms with E-state index in [4.69, 9.17) is 17.3 Å². The van der Waals surface area contributed by atoms with Gasteiger partial charge in [-0.1, -0.05) is 55.3 Å². The molecule has 3 unspecified atom stereocenters. The van der Waals surface area contributed by atoms with E-state index in [1.807, 2.05) is 11.8 Å². The summed E-state index contributed by atoms with van der Waals surface area (Å²) in [5.74, 6) is -3.22. The van der Waals surface area contributed by atoms with Crippen molar-refractivity contribution in [3.63, 3.8) is 0 Å². The summed E-state index contributed by atoms with van der Waals surface area (Å²) in [6, 6.07) is 10.9. The van der Waals surface area contributed by atoms with E-state index in [1.165, 1.54) is 26.0 Å². The first-order chi connectivity index (χ1) is 21.0. The standard InChI is InChI=1S/C32H42ClF4N5O3/c1-5-8-24-20-41(25(18-22-9-6-7-10-26(22)33)19-40(4)30(45)32(35,36)37)15-16-42(24)28(43)27(39-29(44)31(2,3)38)17-21-11-13-23(34)14-12-21/h6-7,9-14,24-25,27H,5,8,15-20,38H2,1-4H3,(H,39,44). The van der Waals surface area contributed by atoms with Crippen molar-refractivity contribution in [2.24, 2.45) is 5.73 Å². The summed E-state index contributed by atoms with van der Waals surface area (Å²) in [4.78, 5) is 43.4. The van der Waals surface area contributed by atoms with Crippen LogP contribution in [0.1, 0.15) is 44.7 Å². The number of hydrogen-bond acceptors (Lipinski definition) is 5. The Hall–Kier alpha value is -3.22. The topological polar surface area (TPSA) is 99.0 Å². The third-order valence-electron chi connectivity index (χ3n) is 7.96. The average Bonchev–Trinajstić information content (AvgIpc) is 2.97. The number of hydrogen-bond donors (Lipinski definition) is 2. The van der Waals surface area contributed by atoms with Crippen molar-refractivity contribution in [2.75, 3.05) is 33.2 Å². The highest BCUT2D eigenvalue weighted by Crippen LogP contribution is 2.25. The molecule has 0 spiro atoms. The molecule has 0 aliphatic carbocycles. The van der Waals surface area contributed by atoms with Crippen molar-refractivity contribution in [3.8, 4) is 0 Å². The van der Waals surface area contributed by atoms with Crippen LogP contribution in [0.4, 0.5) is 17.6 Å². The zero-order chi connectivity index (χ0) is 33.5. The second-order valence-electron chi connectivity index (χ2n) is 12.2. The van der Waals surface area contributed by atoms with Gasteiger partial charge in [0.05, 0.1) is 5.54 Å². The Morgan fingerprint density at radius 3 is 2.29 bits per heavy atom. The third-order valence-corrected chi connectivity index (χ3v) is 8.33. The molecule has 8 nitrogen and oxygen atoms in total. The first-order valence-corrected chi connectivity index (χ1v) is 15.3. The van der Waals surface area contributed by atoms with Crippen molar-refractivity contribution >= 4 is 29.3 Å². The van der Waals surface area contributed by atoms with Crippen LogP contribution in [0, 0.1) is 5.82 Å². The number of benzene rings is 2. The first-order valence-electron chi connectivity index (χ1n) is 15.0. The molecule has 13 heteroatoms. The van der Waals surface area contributed by atoms with Crippen LogP contribution in [-0.4, -0.2) is 95.5 Å². The molecule has 3 amide bonds. The molecule has 3 rings (SSSR count). The Bertz CT molecular complexity index is 1320. The maximum Gasteiger partial charge on any atom is 0.471 e. The van der Waals surface area contributed by atoms with E-state index in [2.05, 4.69) is 5.32 Å². The number of rotatable bonds is 12. The minimum Gasteiger partial charge on any atom is -0.342 e. The van der Waals surface area contributed by atoms with Crippen LogP contribution in [0.5, 0.6) is 0 Å². The quantitative estimate of drug-likeness (QED) is 0.334. The minimum absolute atomic E-state index is 0.111. The molecule has 0 aromatic heterocycles. The highest BCUT2D eigenvalue weighted by atomic mass is 35.5. The van der Waals surface area contributed by atoms with Gasteiger partial charge in [-0.05, 0) is 56.0 Å². The smallest absolute Gasteiger partial charge is 0.342 e. The van der Waals surface area contributed by atoms with Gasteiger partial charge in [-0.3, -0.25) is 19.3 Å². The maximum atomic E-state index is 14.1. The molecule has 2 aromatic rings. The number of carbonyl (C=O) groups is 3. The lowest BCUT2D eigenvalue weighted by Gasteiger charge is -2.46. The summed E-state index contributed by atoms with van der Waals surface area (Å²) in [5, 5.41) is 3.24. The lowest BCUT2D eigenvalue weighted by molar-refractivity contribution is -0.184. The van der Waals surface area contributed by atoms with Crippen LogP contribution >= 0.6 is 11.6 Å². The summed E-state index contributed by atoms with van der Waals surface area (Å²) >= 11 is 6.41. The van der Waals surface area contributed by atoms with Gasteiger partial charge in [0.1, 0.15) is 11.9 Å². The predicted octanol–water partition coefficient (Wildman–Crippen LogP) is 4.19. The highest BCUT2D eigenvalue weighted by molar-refractivity contribution is 6.31. The van der Waals surface area contributed by atoms with Crippen LogP contribution in [0.3, 0.4) is 0 Å². The molecule has 1 fully saturated rings. The Morgan fingerprint density at radius 1 is 1.07 bits per heavy atom. The summed E-state index contributed by atoms with van der Waals surface area (Å²) in [5.41, 5.74) is 6.13. The number of likely N-dealkylation sites (N-methyl/N-ethyl adjacent to an activating group) is 1. The molecule has 45 heavy (non-hydrogen) atoms. The summed E-state index contributed by atoms with van der Waals surface area (Å²) in [6.07, 6.45) is -3.30. The van der Waals surface area contributed by atoms with E-state index < -0.39 is 41.4 Å². The number of carbonyl (C=O) groups excluding carboxylic acids is 3. The van der Waals surface area contributed by atoms with E-state index in [9.17, 15) is 31.9 Å². The van der Waals surface area contributed by atoms with Gasteiger partial charge in [0.2, 0.25) is 11.8 Å². The number of nitrogens with two attached hydrogens (primary N) is 1. The second-order valence-corrected chi connectivity index (χ2v) is 12.6. The Labute approximate surface area is 266 Å². The fraction of sp³-hybridized carbons (Fsp3) is 0.531. The van der Waals surface area contributed by atoms with Gasteiger partial charge in [-0.2, -0.15) is 13.2 Å². The van der Waals surface area contributed by atoms with Crippen molar-refractivity contribution in [2.45, 2.75) is 76.3 Å². The molecule has 248 valence electrons. The molecule has 0 bridgehead atoms. The van der Waals surface area contributed by atoms with E-state index >= 15 is 0 Å². The molecule has 0 saturated carbocycles. The molecule has 1 heterocycles. The van der Waals surface area contributed by atoms with E-state index in [0.717, 1.165) is 19.0 Å². The van der Waals surface area contributed by atoms with E-state index in [1.54, 1.807) is 41.3 Å². The lowest BCUT2D eigenvalue weighted by atomic mass is 9.97. The molecule has 3 atom stereocenters. The fourth-order valence-electron chi connectivity index (χ4n) is 5.52. The summed E-state index contributed by atoms with van der Waals surface area (Å²) in [6.45, 7) is 5.71. The van der Waals surface area contributed by atoms with Gasteiger partial charge in [0.25, 0.3) is 0 Å². The van der Waals surface area contributed by atoms with Crippen LogP contribution in [0.25, 0.3) is 0 Å². The number of nitrogens with zero attached hydrogens (tertiary/aromatic N) is 3. The molecular formula is C32H42ClF4N5O3.